The molecule has 0 radical (unpaired) electrons. The Hall–Kier alpha value is -3.19. The number of aromatic nitrogens is 3. The number of nitrogens with zero attached hydrogens (tertiary/aromatic N) is 4. The van der Waals surface area contributed by atoms with Gasteiger partial charge < -0.3 is 20.5 Å². The van der Waals surface area contributed by atoms with E-state index in [1.807, 2.05) is 6.07 Å². The van der Waals surface area contributed by atoms with E-state index in [2.05, 4.69) is 43.8 Å². The minimum Gasteiger partial charge on any atom is -0.398 e. The minimum absolute atomic E-state index is 0.333. The molecule has 1 fully saturated rings. The summed E-state index contributed by atoms with van der Waals surface area (Å²) in [6.45, 7) is 7.51. The molecule has 0 aliphatic carbocycles. The van der Waals surface area contributed by atoms with Gasteiger partial charge in [0, 0.05) is 43.4 Å². The predicted molar refractivity (Wildman–Crippen MR) is 116 cm³/mol. The molecule has 1 saturated heterocycles. The molecule has 29 heavy (non-hydrogen) atoms. The number of piperazine rings is 1. The summed E-state index contributed by atoms with van der Waals surface area (Å²) in [6, 6.07) is 10.7. The van der Waals surface area contributed by atoms with Crippen LogP contribution < -0.4 is 10.6 Å². The molecule has 4 aromatic rings. The van der Waals surface area contributed by atoms with E-state index in [4.69, 9.17) is 5.73 Å². The number of imidazole rings is 1. The number of likely N-dealkylation sites (N-methyl/N-ethyl adjacent to an activating group) is 1. The number of nitrogen functional groups attached to an aromatic ring is 1. The molecule has 1 aliphatic heterocycles. The molecule has 6 nitrogen and oxygen atoms in total. The van der Waals surface area contributed by atoms with E-state index in [9.17, 15) is 4.39 Å². The van der Waals surface area contributed by atoms with Gasteiger partial charge in [-0.2, -0.15) is 0 Å². The summed E-state index contributed by atoms with van der Waals surface area (Å²) in [7, 11) is 0. The Morgan fingerprint density at radius 3 is 2.66 bits per heavy atom. The van der Waals surface area contributed by atoms with E-state index < -0.39 is 0 Å². The lowest BCUT2D eigenvalue weighted by atomic mass is 10.1. The number of H-pyrrole nitrogens is 1. The van der Waals surface area contributed by atoms with Crippen molar-refractivity contribution >= 4 is 33.3 Å². The van der Waals surface area contributed by atoms with Gasteiger partial charge in [0.25, 0.3) is 0 Å². The summed E-state index contributed by atoms with van der Waals surface area (Å²) >= 11 is 0. The molecule has 3 heterocycles. The lowest BCUT2D eigenvalue weighted by molar-refractivity contribution is 0.271. The van der Waals surface area contributed by atoms with Gasteiger partial charge in [0.2, 0.25) is 0 Å². The fourth-order valence-electron chi connectivity index (χ4n) is 4.02. The van der Waals surface area contributed by atoms with Crippen LogP contribution >= 0.6 is 0 Å². The molecular weight excluding hydrogens is 367 g/mol. The van der Waals surface area contributed by atoms with Crippen LogP contribution in [0.25, 0.3) is 33.3 Å². The number of fused-ring (bicyclic) bond motifs is 2. The fraction of sp³-hybridized carbons (Fsp3) is 0.273. The number of hydrogen-bond donors (Lipinski definition) is 2. The largest absolute Gasteiger partial charge is 0.398 e. The predicted octanol–water partition coefficient (Wildman–Crippen LogP) is 3.64. The number of rotatable bonds is 3. The molecule has 0 bridgehead atoms. The van der Waals surface area contributed by atoms with Crippen LogP contribution in [0.2, 0.25) is 0 Å². The summed E-state index contributed by atoms with van der Waals surface area (Å²) < 4.78 is 13.7. The van der Waals surface area contributed by atoms with Crippen molar-refractivity contribution in [3.8, 4) is 11.4 Å². The van der Waals surface area contributed by atoms with Crippen molar-refractivity contribution in [1.29, 1.82) is 0 Å². The van der Waals surface area contributed by atoms with Gasteiger partial charge >= 0.3 is 0 Å². The molecule has 148 valence electrons. The van der Waals surface area contributed by atoms with Crippen molar-refractivity contribution < 1.29 is 4.39 Å². The third kappa shape index (κ3) is 3.17. The Kier molecular flexibility index (Phi) is 4.32. The quantitative estimate of drug-likeness (QED) is 0.559. The highest BCUT2D eigenvalue weighted by Crippen LogP contribution is 2.32. The number of halogens is 1. The van der Waals surface area contributed by atoms with Crippen molar-refractivity contribution in [1.82, 2.24) is 19.9 Å². The zero-order valence-corrected chi connectivity index (χ0v) is 16.3. The molecule has 2 aromatic heterocycles. The first-order valence-electron chi connectivity index (χ1n) is 9.93. The highest BCUT2D eigenvalue weighted by atomic mass is 19.1. The lowest BCUT2D eigenvalue weighted by Gasteiger charge is -2.35. The van der Waals surface area contributed by atoms with Crippen LogP contribution in [-0.2, 0) is 0 Å². The summed E-state index contributed by atoms with van der Waals surface area (Å²) in [4.78, 5) is 17.3. The molecule has 3 N–H and O–H groups in total. The number of benzene rings is 2. The van der Waals surface area contributed by atoms with Crippen LogP contribution in [0, 0.1) is 5.82 Å². The van der Waals surface area contributed by atoms with Gasteiger partial charge in [-0.25, -0.2) is 9.37 Å². The van der Waals surface area contributed by atoms with Gasteiger partial charge in [0.15, 0.2) is 0 Å². The van der Waals surface area contributed by atoms with Gasteiger partial charge in [0.05, 0.1) is 27.8 Å². The van der Waals surface area contributed by atoms with Crippen LogP contribution in [-0.4, -0.2) is 52.6 Å². The summed E-state index contributed by atoms with van der Waals surface area (Å²) in [5.41, 5.74) is 11.2. The van der Waals surface area contributed by atoms with Crippen LogP contribution in [0.1, 0.15) is 6.92 Å². The van der Waals surface area contributed by atoms with Gasteiger partial charge in [-0.05, 0) is 42.9 Å². The van der Waals surface area contributed by atoms with Crippen molar-refractivity contribution in [3.05, 3.63) is 48.4 Å². The second kappa shape index (κ2) is 7.00. The molecule has 0 amide bonds. The third-order valence-electron chi connectivity index (χ3n) is 5.78. The van der Waals surface area contributed by atoms with Gasteiger partial charge in [-0.1, -0.05) is 6.92 Å². The standard InChI is InChI=1S/C22H23FN6/c1-2-28-7-9-29(10-8-28)15-4-6-19-20(12-15)27-22(26-19)17-13-25-18-5-3-14(23)11-16(18)21(17)24/h3-6,11-13H,2,7-10H2,1H3,(H2,24,25)(H,26,27). The highest BCUT2D eigenvalue weighted by molar-refractivity contribution is 5.98. The molecule has 1 aliphatic rings. The molecule has 0 atom stereocenters. The second-order valence-corrected chi connectivity index (χ2v) is 7.46. The first kappa shape index (κ1) is 17.9. The maximum Gasteiger partial charge on any atom is 0.142 e. The number of hydrogen-bond acceptors (Lipinski definition) is 5. The average Bonchev–Trinajstić information content (AvgIpc) is 3.17. The van der Waals surface area contributed by atoms with Gasteiger partial charge in [0.1, 0.15) is 11.6 Å². The molecule has 0 unspecified atom stereocenters. The van der Waals surface area contributed by atoms with E-state index in [-0.39, 0.29) is 5.82 Å². The summed E-state index contributed by atoms with van der Waals surface area (Å²) in [6.07, 6.45) is 1.69. The first-order chi connectivity index (χ1) is 14.1. The smallest absolute Gasteiger partial charge is 0.142 e. The number of anilines is 2. The Labute approximate surface area is 168 Å². The number of nitrogens with two attached hydrogens (primary N) is 1. The Morgan fingerprint density at radius 1 is 1.07 bits per heavy atom. The van der Waals surface area contributed by atoms with Crippen LogP contribution in [0.15, 0.2) is 42.6 Å². The van der Waals surface area contributed by atoms with Gasteiger partial charge in [-0.3, -0.25) is 4.98 Å². The monoisotopic (exact) mass is 390 g/mol. The SMILES string of the molecule is CCN1CCN(c2ccc3nc(-c4cnc5ccc(F)cc5c4N)[nH]c3c2)CC1. The number of aromatic amines is 1. The van der Waals surface area contributed by atoms with Crippen molar-refractivity contribution in [2.45, 2.75) is 6.92 Å². The Bertz CT molecular complexity index is 1190. The zero-order chi connectivity index (χ0) is 20.0. The van der Waals surface area contributed by atoms with E-state index in [0.717, 1.165) is 43.8 Å². The number of nitrogens with one attached hydrogen (secondary N) is 1. The molecular formula is C22H23FN6. The third-order valence-corrected chi connectivity index (χ3v) is 5.78. The molecule has 0 saturated carbocycles. The van der Waals surface area contributed by atoms with Crippen molar-refractivity contribution in [3.63, 3.8) is 0 Å². The van der Waals surface area contributed by atoms with E-state index in [1.165, 1.54) is 17.8 Å². The molecule has 5 rings (SSSR count). The van der Waals surface area contributed by atoms with Crippen LogP contribution in [0.3, 0.4) is 0 Å². The maximum atomic E-state index is 13.7. The molecule has 7 heteroatoms. The highest BCUT2D eigenvalue weighted by Gasteiger charge is 2.17. The summed E-state index contributed by atoms with van der Waals surface area (Å²) in [5.74, 6) is 0.310. The zero-order valence-electron chi connectivity index (χ0n) is 16.3. The van der Waals surface area contributed by atoms with E-state index in [1.54, 1.807) is 12.3 Å². The van der Waals surface area contributed by atoms with Crippen LogP contribution in [0.5, 0.6) is 0 Å². The Morgan fingerprint density at radius 2 is 1.86 bits per heavy atom. The van der Waals surface area contributed by atoms with Crippen molar-refractivity contribution in [2.24, 2.45) is 0 Å². The van der Waals surface area contributed by atoms with Crippen molar-refractivity contribution in [2.75, 3.05) is 43.4 Å². The normalized spacial score (nSPS) is 15.4. The molecule has 2 aromatic carbocycles. The average molecular weight is 390 g/mol. The topological polar surface area (TPSA) is 74.1 Å². The lowest BCUT2D eigenvalue weighted by Crippen LogP contribution is -2.46. The van der Waals surface area contributed by atoms with E-state index >= 15 is 0 Å². The Balaban J connectivity index is 1.51. The molecule has 0 spiro atoms. The minimum atomic E-state index is -0.333. The number of pyridine rings is 1. The maximum absolute atomic E-state index is 13.7. The second-order valence-electron chi connectivity index (χ2n) is 7.46. The van der Waals surface area contributed by atoms with Crippen LogP contribution in [0.4, 0.5) is 15.8 Å². The van der Waals surface area contributed by atoms with E-state index in [0.29, 0.717) is 28.0 Å². The first-order valence-corrected chi connectivity index (χ1v) is 9.93. The summed E-state index contributed by atoms with van der Waals surface area (Å²) in [5, 5.41) is 0.595. The fourth-order valence-corrected chi connectivity index (χ4v) is 4.02. The van der Waals surface area contributed by atoms with Gasteiger partial charge in [-0.15, -0.1) is 0 Å².